The maximum Gasteiger partial charge on any atom is 0.416 e. The van der Waals surface area contributed by atoms with Gasteiger partial charge in [-0.2, -0.15) is 18.3 Å². The first kappa shape index (κ1) is 20.0. The first-order valence-corrected chi connectivity index (χ1v) is 10.7. The van der Waals surface area contributed by atoms with Gasteiger partial charge in [0.1, 0.15) is 19.0 Å². The average Bonchev–Trinajstić information content (AvgIpc) is 3.28. The molecule has 0 saturated heterocycles. The van der Waals surface area contributed by atoms with Gasteiger partial charge in [0.15, 0.2) is 11.5 Å². The molecule has 0 saturated carbocycles. The summed E-state index contributed by atoms with van der Waals surface area (Å²) in [6.07, 6.45) is -4.98. The molecule has 3 aliphatic heterocycles. The Labute approximate surface area is 188 Å². The van der Waals surface area contributed by atoms with Gasteiger partial charge in [-0.3, -0.25) is 0 Å². The van der Waals surface area contributed by atoms with Crippen LogP contribution in [0.3, 0.4) is 0 Å². The molecule has 0 unspecified atom stereocenters. The van der Waals surface area contributed by atoms with Crippen molar-refractivity contribution in [3.05, 3.63) is 89.0 Å². The Morgan fingerprint density at radius 2 is 1.55 bits per heavy atom. The van der Waals surface area contributed by atoms with Gasteiger partial charge in [0.05, 0.1) is 17.3 Å². The van der Waals surface area contributed by atoms with Crippen molar-refractivity contribution in [2.75, 3.05) is 13.2 Å². The monoisotopic (exact) mass is 452 g/mol. The normalized spacial score (nSPS) is 21.1. The number of halogens is 3. The van der Waals surface area contributed by atoms with Crippen molar-refractivity contribution in [3.8, 4) is 17.2 Å². The number of fused-ring (bicyclic) bond motifs is 4. The fraction of sp³-hybridized carbons (Fsp3) is 0.240. The summed E-state index contributed by atoms with van der Waals surface area (Å²) in [5.41, 5.74) is 1.81. The molecule has 2 atom stereocenters. The van der Waals surface area contributed by atoms with Gasteiger partial charge in [-0.1, -0.05) is 36.4 Å². The molecule has 3 heterocycles. The lowest BCUT2D eigenvalue weighted by atomic mass is 9.95. The zero-order valence-electron chi connectivity index (χ0n) is 17.4. The predicted molar refractivity (Wildman–Crippen MR) is 114 cm³/mol. The zero-order chi connectivity index (χ0) is 22.6. The van der Waals surface area contributed by atoms with E-state index < -0.39 is 18.0 Å². The fourth-order valence-electron chi connectivity index (χ4n) is 4.61. The second kappa shape index (κ2) is 7.43. The van der Waals surface area contributed by atoms with Gasteiger partial charge in [0.2, 0.25) is 6.23 Å². The Kier molecular flexibility index (Phi) is 4.50. The molecule has 0 aromatic heterocycles. The molecule has 0 N–H and O–H groups in total. The third-order valence-electron chi connectivity index (χ3n) is 6.11. The largest absolute Gasteiger partial charge is 0.486 e. The topological polar surface area (TPSA) is 43.3 Å². The highest BCUT2D eigenvalue weighted by Crippen LogP contribution is 2.49. The van der Waals surface area contributed by atoms with E-state index in [0.29, 0.717) is 36.9 Å². The van der Waals surface area contributed by atoms with E-state index >= 15 is 0 Å². The van der Waals surface area contributed by atoms with Crippen molar-refractivity contribution in [3.63, 3.8) is 0 Å². The van der Waals surface area contributed by atoms with E-state index in [-0.39, 0.29) is 11.6 Å². The van der Waals surface area contributed by atoms with Gasteiger partial charge in [-0.25, -0.2) is 5.01 Å². The van der Waals surface area contributed by atoms with Gasteiger partial charge >= 0.3 is 6.18 Å². The maximum absolute atomic E-state index is 13.8. The van der Waals surface area contributed by atoms with Crippen molar-refractivity contribution in [1.82, 2.24) is 5.01 Å². The Balaban J connectivity index is 1.45. The number of ether oxygens (including phenoxy) is 3. The lowest BCUT2D eigenvalue weighted by molar-refractivity contribution is -0.140. The lowest BCUT2D eigenvalue weighted by Gasteiger charge is -2.38. The zero-order valence-corrected chi connectivity index (χ0v) is 17.4. The van der Waals surface area contributed by atoms with E-state index in [1.54, 1.807) is 17.1 Å². The summed E-state index contributed by atoms with van der Waals surface area (Å²) in [4.78, 5) is 0. The van der Waals surface area contributed by atoms with Crippen LogP contribution >= 0.6 is 0 Å². The van der Waals surface area contributed by atoms with Crippen molar-refractivity contribution < 1.29 is 27.4 Å². The molecule has 33 heavy (non-hydrogen) atoms. The number of nitrogens with zero attached hydrogens (tertiary/aromatic N) is 2. The van der Waals surface area contributed by atoms with Crippen LogP contribution in [-0.4, -0.2) is 23.9 Å². The van der Waals surface area contributed by atoms with Crippen molar-refractivity contribution >= 4 is 5.71 Å². The third-order valence-corrected chi connectivity index (χ3v) is 6.11. The van der Waals surface area contributed by atoms with E-state index in [0.717, 1.165) is 22.9 Å². The summed E-state index contributed by atoms with van der Waals surface area (Å²) in [6.45, 7) is 0.965. The minimum atomic E-state index is -4.51. The van der Waals surface area contributed by atoms with Crippen molar-refractivity contribution in [1.29, 1.82) is 0 Å². The number of rotatable bonds is 2. The number of benzene rings is 3. The van der Waals surface area contributed by atoms with E-state index in [4.69, 9.17) is 19.3 Å². The molecule has 0 spiro atoms. The lowest BCUT2D eigenvalue weighted by Crippen LogP contribution is -2.35. The number of hydrazone groups is 1. The van der Waals surface area contributed by atoms with Gasteiger partial charge in [0, 0.05) is 23.1 Å². The summed E-state index contributed by atoms with van der Waals surface area (Å²) < 4.78 is 58.8. The highest BCUT2D eigenvalue weighted by molar-refractivity contribution is 6.02. The van der Waals surface area contributed by atoms with Crippen LogP contribution in [0.5, 0.6) is 17.2 Å². The first-order valence-electron chi connectivity index (χ1n) is 10.7. The Morgan fingerprint density at radius 3 is 2.36 bits per heavy atom. The molecular formula is C25H19F3N2O3. The predicted octanol–water partition coefficient (Wildman–Crippen LogP) is 5.72. The maximum atomic E-state index is 13.8. The molecule has 8 heteroatoms. The second-order valence-electron chi connectivity index (χ2n) is 8.10. The summed E-state index contributed by atoms with van der Waals surface area (Å²) in [7, 11) is 0. The van der Waals surface area contributed by atoms with Crippen molar-refractivity contribution in [2.24, 2.45) is 5.10 Å². The summed E-state index contributed by atoms with van der Waals surface area (Å²) in [6, 6.07) is 18.3. The molecule has 3 aliphatic rings. The average molecular weight is 452 g/mol. The van der Waals surface area contributed by atoms with E-state index in [1.807, 2.05) is 36.4 Å². The van der Waals surface area contributed by atoms with Crippen LogP contribution < -0.4 is 14.2 Å². The summed E-state index contributed by atoms with van der Waals surface area (Å²) in [5, 5.41) is 6.42. The molecule has 5 nitrogen and oxygen atoms in total. The molecule has 0 amide bonds. The Morgan fingerprint density at radius 1 is 0.818 bits per heavy atom. The molecule has 6 rings (SSSR count). The van der Waals surface area contributed by atoms with E-state index in [2.05, 4.69) is 0 Å². The summed E-state index contributed by atoms with van der Waals surface area (Å²) >= 11 is 0. The van der Waals surface area contributed by atoms with Crippen LogP contribution in [0.25, 0.3) is 0 Å². The Hall–Kier alpha value is -3.68. The van der Waals surface area contributed by atoms with Crippen LogP contribution in [0.2, 0.25) is 0 Å². The van der Waals surface area contributed by atoms with E-state index in [9.17, 15) is 13.2 Å². The second-order valence-corrected chi connectivity index (χ2v) is 8.10. The molecule has 168 valence electrons. The van der Waals surface area contributed by atoms with Crippen LogP contribution in [0.1, 0.15) is 40.9 Å². The van der Waals surface area contributed by atoms with Crippen LogP contribution in [0, 0.1) is 0 Å². The highest BCUT2D eigenvalue weighted by atomic mass is 19.4. The molecule has 0 fully saturated rings. The smallest absolute Gasteiger partial charge is 0.416 e. The molecule has 0 aliphatic carbocycles. The molecule has 3 aromatic carbocycles. The first-order chi connectivity index (χ1) is 16.0. The number of hydrogen-bond acceptors (Lipinski definition) is 5. The highest BCUT2D eigenvalue weighted by Gasteiger charge is 2.44. The van der Waals surface area contributed by atoms with Crippen LogP contribution in [-0.2, 0) is 6.18 Å². The van der Waals surface area contributed by atoms with Gasteiger partial charge < -0.3 is 14.2 Å². The molecule has 3 aromatic rings. The minimum absolute atomic E-state index is 0.0386. The van der Waals surface area contributed by atoms with Crippen LogP contribution in [0.4, 0.5) is 13.2 Å². The number of alkyl halides is 3. The molecule has 0 bridgehead atoms. The quantitative estimate of drug-likeness (QED) is 0.499. The summed E-state index contributed by atoms with van der Waals surface area (Å²) in [5.74, 6) is 1.88. The number of para-hydroxylation sites is 1. The van der Waals surface area contributed by atoms with Gasteiger partial charge in [0.25, 0.3) is 0 Å². The van der Waals surface area contributed by atoms with Crippen LogP contribution in [0.15, 0.2) is 71.8 Å². The van der Waals surface area contributed by atoms with Gasteiger partial charge in [-0.05, 0) is 30.3 Å². The standard InChI is InChI=1S/C25H19F3N2O3/c26-25(27,28)18-7-3-1-5-16(18)24-30-20(17-6-2-4-8-21(17)33-24)14-19(29-30)15-9-10-22-23(13-15)32-12-11-31-22/h1-10,13,20,24H,11-12,14H2/t20-,24+/m0/s1. The number of hydrogen-bond donors (Lipinski definition) is 0. The SMILES string of the molecule is FC(F)(F)c1ccccc1[C@H]1Oc2ccccc2[C@@H]2CC(c3ccc4c(c3)OCCO4)=NN12. The Bertz CT molecular complexity index is 1260. The third kappa shape index (κ3) is 3.37. The van der Waals surface area contributed by atoms with Crippen molar-refractivity contribution in [2.45, 2.75) is 24.9 Å². The minimum Gasteiger partial charge on any atom is -0.486 e. The molecular weight excluding hydrogens is 433 g/mol. The fourth-order valence-corrected chi connectivity index (χ4v) is 4.61. The van der Waals surface area contributed by atoms with Gasteiger partial charge in [-0.15, -0.1) is 0 Å². The van der Waals surface area contributed by atoms with E-state index in [1.165, 1.54) is 12.1 Å². The molecule has 0 radical (unpaired) electrons.